The molecular formula is C25H20Br2N4O. The summed E-state index contributed by atoms with van der Waals surface area (Å²) in [6, 6.07) is 26.7. The standard InChI is InChI=1S/C25H20Br2N4O/c26-22(15-19-7-3-1-4-8-19)17-28-30-24-13-11-21(12-14-24)25(32)31-29-18-23(27)16-20-9-5-2-6-10-20/h1-18,30H,(H,31,32)/b22-15?,23-16?,28-17+,29-18?. The zero-order valence-electron chi connectivity index (χ0n) is 17.0. The van der Waals surface area contributed by atoms with Gasteiger partial charge >= 0.3 is 0 Å². The third kappa shape index (κ3) is 8.09. The van der Waals surface area contributed by atoms with Crippen molar-refractivity contribution in [3.63, 3.8) is 0 Å². The maximum atomic E-state index is 12.2. The Morgan fingerprint density at radius 2 is 1.19 bits per heavy atom. The number of hydrogen-bond acceptors (Lipinski definition) is 4. The van der Waals surface area contributed by atoms with Crippen LogP contribution in [0.1, 0.15) is 21.5 Å². The van der Waals surface area contributed by atoms with Crippen molar-refractivity contribution in [2.45, 2.75) is 0 Å². The van der Waals surface area contributed by atoms with E-state index in [2.05, 4.69) is 52.9 Å². The van der Waals surface area contributed by atoms with Crippen molar-refractivity contribution in [1.82, 2.24) is 5.43 Å². The highest BCUT2D eigenvalue weighted by Gasteiger charge is 2.03. The average molecular weight is 552 g/mol. The van der Waals surface area contributed by atoms with Crippen molar-refractivity contribution in [2.24, 2.45) is 10.2 Å². The van der Waals surface area contributed by atoms with E-state index in [-0.39, 0.29) is 5.91 Å². The second kappa shape index (κ2) is 12.5. The van der Waals surface area contributed by atoms with Crippen molar-refractivity contribution in [2.75, 3.05) is 5.43 Å². The molecule has 0 spiro atoms. The molecule has 0 aliphatic carbocycles. The number of anilines is 1. The molecule has 0 fully saturated rings. The summed E-state index contributed by atoms with van der Waals surface area (Å²) in [4.78, 5) is 12.2. The summed E-state index contributed by atoms with van der Waals surface area (Å²) >= 11 is 6.88. The molecule has 0 heterocycles. The number of benzene rings is 3. The Morgan fingerprint density at radius 3 is 1.72 bits per heavy atom. The normalized spacial score (nSPS) is 12.3. The Morgan fingerprint density at radius 1 is 0.688 bits per heavy atom. The zero-order valence-corrected chi connectivity index (χ0v) is 20.1. The first-order chi connectivity index (χ1) is 15.6. The summed E-state index contributed by atoms with van der Waals surface area (Å²) in [5.41, 5.74) is 8.80. The molecule has 0 saturated carbocycles. The topological polar surface area (TPSA) is 65.8 Å². The van der Waals surface area contributed by atoms with Crippen LogP contribution in [0.5, 0.6) is 0 Å². The quantitative estimate of drug-likeness (QED) is 0.242. The SMILES string of the molecule is O=C(NN=CC(Br)=Cc1ccccc1)c1ccc(N/N=C/C(Br)=Cc2ccccc2)cc1. The number of carbonyl (C=O) groups is 1. The van der Waals surface area contributed by atoms with Crippen LogP contribution in [0.4, 0.5) is 5.69 Å². The molecule has 3 aromatic rings. The van der Waals surface area contributed by atoms with Gasteiger partial charge in [-0.05, 0) is 79.4 Å². The van der Waals surface area contributed by atoms with Crippen molar-refractivity contribution in [1.29, 1.82) is 0 Å². The highest BCUT2D eigenvalue weighted by Crippen LogP contribution is 2.13. The van der Waals surface area contributed by atoms with Crippen LogP contribution in [0, 0.1) is 0 Å². The highest BCUT2D eigenvalue weighted by atomic mass is 79.9. The van der Waals surface area contributed by atoms with Crippen LogP contribution in [0.2, 0.25) is 0 Å². The lowest BCUT2D eigenvalue weighted by Gasteiger charge is -2.03. The van der Waals surface area contributed by atoms with Crippen molar-refractivity contribution in [3.8, 4) is 0 Å². The summed E-state index contributed by atoms with van der Waals surface area (Å²) in [6.45, 7) is 0. The first kappa shape index (κ1) is 23.4. The molecule has 0 aromatic heterocycles. The minimum Gasteiger partial charge on any atom is -0.278 e. The van der Waals surface area contributed by atoms with Crippen LogP contribution in [-0.4, -0.2) is 18.3 Å². The lowest BCUT2D eigenvalue weighted by molar-refractivity contribution is 0.0955. The number of carbonyl (C=O) groups excluding carboxylic acids is 1. The minimum absolute atomic E-state index is 0.301. The molecule has 3 rings (SSSR count). The van der Waals surface area contributed by atoms with Crippen LogP contribution in [0.25, 0.3) is 12.2 Å². The number of hydrazone groups is 2. The highest BCUT2D eigenvalue weighted by molar-refractivity contribution is 9.12. The zero-order chi connectivity index (χ0) is 22.6. The second-order valence-electron chi connectivity index (χ2n) is 6.53. The van der Waals surface area contributed by atoms with Crippen molar-refractivity contribution >= 4 is 68.0 Å². The number of hydrogen-bond donors (Lipinski definition) is 2. The summed E-state index contributed by atoms with van der Waals surface area (Å²) in [5, 5.41) is 8.17. The van der Waals surface area contributed by atoms with Gasteiger partial charge in [-0.15, -0.1) is 0 Å². The molecule has 0 radical (unpaired) electrons. The maximum absolute atomic E-state index is 12.2. The predicted octanol–water partition coefficient (Wildman–Crippen LogP) is 6.67. The molecular weight excluding hydrogens is 532 g/mol. The Balaban J connectivity index is 1.49. The Kier molecular flexibility index (Phi) is 9.16. The molecule has 7 heteroatoms. The van der Waals surface area contributed by atoms with Gasteiger partial charge in [0.25, 0.3) is 5.91 Å². The number of nitrogens with zero attached hydrogens (tertiary/aromatic N) is 2. The van der Waals surface area contributed by atoms with Gasteiger partial charge in [-0.25, -0.2) is 5.43 Å². The molecule has 0 bridgehead atoms. The van der Waals surface area contributed by atoms with Gasteiger partial charge in [0.1, 0.15) is 0 Å². The van der Waals surface area contributed by atoms with E-state index in [4.69, 9.17) is 0 Å². The molecule has 32 heavy (non-hydrogen) atoms. The van der Waals surface area contributed by atoms with Crippen LogP contribution in [0.3, 0.4) is 0 Å². The van der Waals surface area contributed by atoms with Gasteiger partial charge in [0, 0.05) is 14.5 Å². The maximum Gasteiger partial charge on any atom is 0.271 e. The minimum atomic E-state index is -0.301. The number of rotatable bonds is 8. The first-order valence-corrected chi connectivity index (χ1v) is 11.3. The van der Waals surface area contributed by atoms with E-state index in [9.17, 15) is 4.79 Å². The van der Waals surface area contributed by atoms with Crippen LogP contribution in [-0.2, 0) is 0 Å². The summed E-state index contributed by atoms with van der Waals surface area (Å²) in [6.07, 6.45) is 7.08. The van der Waals surface area contributed by atoms with E-state index < -0.39 is 0 Å². The number of amides is 1. The largest absolute Gasteiger partial charge is 0.278 e. The third-order valence-corrected chi connectivity index (χ3v) is 4.96. The lowest BCUT2D eigenvalue weighted by atomic mass is 10.2. The fraction of sp³-hybridized carbons (Fsp3) is 0. The van der Waals surface area contributed by atoms with Gasteiger partial charge < -0.3 is 0 Å². The van der Waals surface area contributed by atoms with Crippen LogP contribution < -0.4 is 10.9 Å². The number of allylic oxidation sites excluding steroid dienone is 2. The average Bonchev–Trinajstić information content (AvgIpc) is 2.81. The van der Waals surface area contributed by atoms with Crippen molar-refractivity contribution < 1.29 is 4.79 Å². The fourth-order valence-electron chi connectivity index (χ4n) is 2.57. The van der Waals surface area contributed by atoms with Gasteiger partial charge in [-0.1, -0.05) is 60.7 Å². The van der Waals surface area contributed by atoms with Gasteiger partial charge in [0.2, 0.25) is 0 Å². The molecule has 0 unspecified atom stereocenters. The van der Waals surface area contributed by atoms with Crippen LogP contribution in [0.15, 0.2) is 104 Å². The number of halogens is 2. The van der Waals surface area contributed by atoms with E-state index in [1.807, 2.05) is 72.8 Å². The second-order valence-corrected chi connectivity index (χ2v) is 8.36. The molecule has 1 amide bonds. The van der Waals surface area contributed by atoms with E-state index in [0.717, 1.165) is 25.8 Å². The molecule has 5 nitrogen and oxygen atoms in total. The molecule has 2 N–H and O–H groups in total. The van der Waals surface area contributed by atoms with Gasteiger partial charge in [-0.2, -0.15) is 10.2 Å². The summed E-state index contributed by atoms with van der Waals surface area (Å²) in [7, 11) is 0. The number of nitrogens with one attached hydrogen (secondary N) is 2. The molecule has 160 valence electrons. The third-order valence-electron chi connectivity index (χ3n) is 4.09. The smallest absolute Gasteiger partial charge is 0.271 e. The van der Waals surface area contributed by atoms with Crippen molar-refractivity contribution in [3.05, 3.63) is 111 Å². The summed E-state index contributed by atoms with van der Waals surface area (Å²) in [5.74, 6) is -0.301. The Labute approximate surface area is 203 Å². The van der Waals surface area contributed by atoms with Gasteiger partial charge in [-0.3, -0.25) is 10.2 Å². The van der Waals surface area contributed by atoms with E-state index in [1.165, 1.54) is 6.21 Å². The van der Waals surface area contributed by atoms with Gasteiger partial charge in [0.05, 0.1) is 18.1 Å². The molecule has 0 saturated heterocycles. The summed E-state index contributed by atoms with van der Waals surface area (Å²) < 4.78 is 1.58. The molecule has 0 atom stereocenters. The fourth-order valence-corrected chi connectivity index (χ4v) is 3.31. The Bertz CT molecular complexity index is 1140. The van der Waals surface area contributed by atoms with E-state index >= 15 is 0 Å². The first-order valence-electron chi connectivity index (χ1n) is 9.67. The van der Waals surface area contributed by atoms with Crippen LogP contribution >= 0.6 is 31.9 Å². The van der Waals surface area contributed by atoms with Gasteiger partial charge in [0.15, 0.2) is 0 Å². The van der Waals surface area contributed by atoms with E-state index in [1.54, 1.807) is 30.5 Å². The lowest BCUT2D eigenvalue weighted by Crippen LogP contribution is -2.17. The predicted molar refractivity (Wildman–Crippen MR) is 141 cm³/mol. The Hall–Kier alpha value is -3.29. The molecule has 0 aliphatic heterocycles. The molecule has 3 aromatic carbocycles. The molecule has 0 aliphatic rings. The van der Waals surface area contributed by atoms with E-state index in [0.29, 0.717) is 5.56 Å². The monoisotopic (exact) mass is 550 g/mol.